The van der Waals surface area contributed by atoms with Gasteiger partial charge in [-0.2, -0.15) is 0 Å². The van der Waals surface area contributed by atoms with Crippen molar-refractivity contribution in [1.82, 2.24) is 9.55 Å². The third kappa shape index (κ3) is 4.22. The third-order valence-electron chi connectivity index (χ3n) is 4.51. The first-order valence-corrected chi connectivity index (χ1v) is 9.13. The Kier molecular flexibility index (Phi) is 6.40. The summed E-state index contributed by atoms with van der Waals surface area (Å²) in [6.45, 7) is 0.669. The van der Waals surface area contributed by atoms with Gasteiger partial charge in [-0.1, -0.05) is 60.1 Å². The molecule has 1 heterocycles. The second-order valence-electron chi connectivity index (χ2n) is 6.24. The highest BCUT2D eigenvalue weighted by Crippen LogP contribution is 2.23. The molecule has 4 aromatic rings. The highest BCUT2D eigenvalue weighted by atomic mass is 35.5. The lowest BCUT2D eigenvalue weighted by atomic mass is 10.2. The molecule has 28 heavy (non-hydrogen) atoms. The minimum Gasteiger partial charge on any atom is -0.497 e. The van der Waals surface area contributed by atoms with Gasteiger partial charge in [-0.05, 0) is 47.5 Å². The monoisotopic (exact) mass is 410 g/mol. The van der Waals surface area contributed by atoms with Crippen LogP contribution in [0, 0.1) is 0 Å². The van der Waals surface area contributed by atoms with E-state index in [1.807, 2.05) is 72.8 Å². The predicted octanol–water partition coefficient (Wildman–Crippen LogP) is 6.34. The number of methoxy groups -OCH3 is 1. The largest absolute Gasteiger partial charge is 0.497 e. The second kappa shape index (κ2) is 8.96. The Morgan fingerprint density at radius 3 is 2.39 bits per heavy atom. The van der Waals surface area contributed by atoms with Gasteiger partial charge in [-0.25, -0.2) is 4.98 Å². The van der Waals surface area contributed by atoms with E-state index in [1.165, 1.54) is 0 Å². The van der Waals surface area contributed by atoms with E-state index < -0.39 is 0 Å². The van der Waals surface area contributed by atoms with Crippen molar-refractivity contribution in [2.75, 3.05) is 7.11 Å². The summed E-state index contributed by atoms with van der Waals surface area (Å²) in [7, 11) is 1.67. The SMILES string of the molecule is COc1ccc(C=Cc2nc3ccccc3n2Cc2ccccc2Cl)cc1.Cl. The maximum Gasteiger partial charge on any atom is 0.134 e. The normalized spacial score (nSPS) is 10.9. The fraction of sp³-hybridized carbons (Fsp3) is 0.0870. The Balaban J connectivity index is 0.00000225. The van der Waals surface area contributed by atoms with E-state index in [2.05, 4.69) is 16.7 Å². The predicted molar refractivity (Wildman–Crippen MR) is 119 cm³/mol. The Morgan fingerprint density at radius 2 is 1.64 bits per heavy atom. The van der Waals surface area contributed by atoms with Crippen molar-refractivity contribution in [3.63, 3.8) is 0 Å². The molecular weight excluding hydrogens is 391 g/mol. The summed E-state index contributed by atoms with van der Waals surface area (Å²) < 4.78 is 7.41. The van der Waals surface area contributed by atoms with Crippen molar-refractivity contribution in [2.45, 2.75) is 6.54 Å². The van der Waals surface area contributed by atoms with Crippen molar-refractivity contribution in [3.05, 3.63) is 94.8 Å². The number of hydrogen-bond acceptors (Lipinski definition) is 2. The Labute approximate surface area is 175 Å². The minimum atomic E-state index is 0. The fourth-order valence-electron chi connectivity index (χ4n) is 3.07. The van der Waals surface area contributed by atoms with Gasteiger partial charge >= 0.3 is 0 Å². The summed E-state index contributed by atoms with van der Waals surface area (Å²) in [5, 5.41) is 0.764. The fourth-order valence-corrected chi connectivity index (χ4v) is 3.27. The zero-order chi connectivity index (χ0) is 18.6. The lowest BCUT2D eigenvalue weighted by molar-refractivity contribution is 0.415. The molecule has 0 saturated heterocycles. The molecule has 3 aromatic carbocycles. The molecule has 0 N–H and O–H groups in total. The third-order valence-corrected chi connectivity index (χ3v) is 4.88. The van der Waals surface area contributed by atoms with E-state index in [4.69, 9.17) is 21.3 Å². The van der Waals surface area contributed by atoms with E-state index in [0.29, 0.717) is 6.54 Å². The smallest absolute Gasteiger partial charge is 0.134 e. The van der Waals surface area contributed by atoms with Crippen LogP contribution in [-0.2, 0) is 6.54 Å². The number of imidazole rings is 1. The van der Waals surface area contributed by atoms with Crippen molar-refractivity contribution in [2.24, 2.45) is 0 Å². The molecule has 0 aliphatic heterocycles. The molecule has 0 unspecified atom stereocenters. The Bertz CT molecular complexity index is 1100. The van der Waals surface area contributed by atoms with Crippen LogP contribution in [0.1, 0.15) is 17.0 Å². The van der Waals surface area contributed by atoms with Gasteiger partial charge in [0, 0.05) is 5.02 Å². The summed E-state index contributed by atoms with van der Waals surface area (Å²) in [6, 6.07) is 24.0. The molecule has 0 radical (unpaired) electrons. The lowest BCUT2D eigenvalue weighted by Crippen LogP contribution is -2.02. The zero-order valence-corrected chi connectivity index (χ0v) is 17.0. The molecule has 0 fully saturated rings. The van der Waals surface area contributed by atoms with Crippen LogP contribution in [0.25, 0.3) is 23.2 Å². The summed E-state index contributed by atoms with van der Waals surface area (Å²) in [6.07, 6.45) is 4.10. The number of hydrogen-bond donors (Lipinski definition) is 0. The number of nitrogens with zero attached hydrogens (tertiary/aromatic N) is 2. The number of benzene rings is 3. The second-order valence-corrected chi connectivity index (χ2v) is 6.65. The van der Waals surface area contributed by atoms with Gasteiger partial charge in [0.15, 0.2) is 0 Å². The van der Waals surface area contributed by atoms with Gasteiger partial charge in [0.1, 0.15) is 11.6 Å². The molecule has 0 amide bonds. The van der Waals surface area contributed by atoms with Crippen LogP contribution < -0.4 is 4.74 Å². The van der Waals surface area contributed by atoms with Gasteiger partial charge in [0.05, 0.1) is 24.7 Å². The summed E-state index contributed by atoms with van der Waals surface area (Å²) in [5.41, 5.74) is 4.22. The van der Waals surface area contributed by atoms with Crippen LogP contribution in [0.4, 0.5) is 0 Å². The molecule has 4 rings (SSSR count). The highest BCUT2D eigenvalue weighted by molar-refractivity contribution is 6.31. The summed E-state index contributed by atoms with van der Waals surface area (Å²) in [5.74, 6) is 1.74. The maximum atomic E-state index is 6.38. The van der Waals surface area contributed by atoms with Crippen LogP contribution >= 0.6 is 24.0 Å². The Hall–Kier alpha value is -2.75. The molecule has 0 saturated carbocycles. The molecule has 0 aliphatic rings. The van der Waals surface area contributed by atoms with E-state index >= 15 is 0 Å². The van der Waals surface area contributed by atoms with Crippen molar-refractivity contribution in [1.29, 1.82) is 0 Å². The van der Waals surface area contributed by atoms with Crippen LogP contribution in [0.5, 0.6) is 5.75 Å². The quantitative estimate of drug-likeness (QED) is 0.383. The van der Waals surface area contributed by atoms with Gasteiger partial charge in [-0.15, -0.1) is 12.4 Å². The molecule has 0 bridgehead atoms. The van der Waals surface area contributed by atoms with Gasteiger partial charge < -0.3 is 9.30 Å². The number of para-hydroxylation sites is 2. The number of rotatable bonds is 5. The molecule has 0 spiro atoms. The average molecular weight is 411 g/mol. The molecule has 3 nitrogen and oxygen atoms in total. The molecule has 0 aliphatic carbocycles. The molecule has 1 aromatic heterocycles. The minimum absolute atomic E-state index is 0. The topological polar surface area (TPSA) is 27.1 Å². The number of fused-ring (bicyclic) bond motifs is 1. The van der Waals surface area contributed by atoms with Gasteiger partial charge in [-0.3, -0.25) is 0 Å². The van der Waals surface area contributed by atoms with Crippen molar-refractivity contribution in [3.8, 4) is 5.75 Å². The van der Waals surface area contributed by atoms with Crippen LogP contribution in [0.15, 0.2) is 72.8 Å². The van der Waals surface area contributed by atoms with Crippen molar-refractivity contribution < 1.29 is 4.74 Å². The van der Waals surface area contributed by atoms with E-state index in [0.717, 1.165) is 38.8 Å². The summed E-state index contributed by atoms with van der Waals surface area (Å²) >= 11 is 6.38. The van der Waals surface area contributed by atoms with E-state index in [1.54, 1.807) is 7.11 Å². The molecule has 5 heteroatoms. The number of aromatic nitrogens is 2. The molecule has 0 atom stereocenters. The first-order chi connectivity index (χ1) is 13.2. The van der Waals surface area contributed by atoms with Crippen LogP contribution in [0.3, 0.4) is 0 Å². The number of ether oxygens (including phenoxy) is 1. The highest BCUT2D eigenvalue weighted by Gasteiger charge is 2.10. The van der Waals surface area contributed by atoms with Gasteiger partial charge in [0.2, 0.25) is 0 Å². The molecular formula is C23H20Cl2N2O. The maximum absolute atomic E-state index is 6.38. The lowest BCUT2D eigenvalue weighted by Gasteiger charge is -2.09. The van der Waals surface area contributed by atoms with Crippen LogP contribution in [-0.4, -0.2) is 16.7 Å². The standard InChI is InChI=1S/C23H19ClN2O.ClH/c1-27-19-13-10-17(11-14-19)12-15-23-25-21-8-4-5-9-22(21)26(23)16-18-6-2-3-7-20(18)24;/h2-15H,16H2,1H3;1H. The Morgan fingerprint density at radius 1 is 0.929 bits per heavy atom. The van der Waals surface area contributed by atoms with Gasteiger partial charge in [0.25, 0.3) is 0 Å². The first kappa shape index (κ1) is 20.0. The van der Waals surface area contributed by atoms with Crippen LogP contribution in [0.2, 0.25) is 5.02 Å². The van der Waals surface area contributed by atoms with E-state index in [-0.39, 0.29) is 12.4 Å². The zero-order valence-electron chi connectivity index (χ0n) is 15.4. The summed E-state index contributed by atoms with van der Waals surface area (Å²) in [4.78, 5) is 4.80. The molecule has 142 valence electrons. The van der Waals surface area contributed by atoms with Crippen molar-refractivity contribution >= 4 is 47.2 Å². The average Bonchev–Trinajstić information content (AvgIpc) is 3.06. The van der Waals surface area contributed by atoms with E-state index in [9.17, 15) is 0 Å². The number of halogens is 2. The first-order valence-electron chi connectivity index (χ1n) is 8.75.